The SMILES string of the molecule is CCCCCCCCn1cc(C(C)NCCC)cn1. The zero-order valence-electron chi connectivity index (χ0n) is 13.0. The number of hydrogen-bond acceptors (Lipinski definition) is 2. The molecule has 3 heteroatoms. The Morgan fingerprint density at radius 2 is 1.84 bits per heavy atom. The van der Waals surface area contributed by atoms with Gasteiger partial charge >= 0.3 is 0 Å². The minimum atomic E-state index is 0.415. The summed E-state index contributed by atoms with van der Waals surface area (Å²) in [6, 6.07) is 0.415. The zero-order valence-corrected chi connectivity index (χ0v) is 13.0. The third kappa shape index (κ3) is 6.76. The highest BCUT2D eigenvalue weighted by Crippen LogP contribution is 2.12. The molecule has 0 saturated heterocycles. The van der Waals surface area contributed by atoms with Crippen molar-refractivity contribution in [3.8, 4) is 0 Å². The Balaban J connectivity index is 2.19. The van der Waals surface area contributed by atoms with Crippen molar-refractivity contribution < 1.29 is 0 Å². The monoisotopic (exact) mass is 265 g/mol. The molecule has 0 aromatic carbocycles. The van der Waals surface area contributed by atoms with Crippen molar-refractivity contribution in [1.82, 2.24) is 15.1 Å². The maximum Gasteiger partial charge on any atom is 0.0537 e. The van der Waals surface area contributed by atoms with Crippen molar-refractivity contribution in [2.75, 3.05) is 6.54 Å². The van der Waals surface area contributed by atoms with Crippen LogP contribution in [0, 0.1) is 0 Å². The van der Waals surface area contributed by atoms with Gasteiger partial charge in [0.25, 0.3) is 0 Å². The van der Waals surface area contributed by atoms with E-state index in [1.165, 1.54) is 50.5 Å². The van der Waals surface area contributed by atoms with Crippen LogP contribution in [0.4, 0.5) is 0 Å². The smallest absolute Gasteiger partial charge is 0.0537 e. The summed E-state index contributed by atoms with van der Waals surface area (Å²) in [4.78, 5) is 0. The highest BCUT2D eigenvalue weighted by atomic mass is 15.3. The fourth-order valence-electron chi connectivity index (χ4n) is 2.26. The van der Waals surface area contributed by atoms with Gasteiger partial charge in [0.15, 0.2) is 0 Å². The summed E-state index contributed by atoms with van der Waals surface area (Å²) in [5.41, 5.74) is 1.31. The van der Waals surface area contributed by atoms with Crippen LogP contribution in [0.5, 0.6) is 0 Å². The molecule has 0 saturated carbocycles. The summed E-state index contributed by atoms with van der Waals surface area (Å²) in [5, 5.41) is 7.95. The molecule has 0 radical (unpaired) electrons. The van der Waals surface area contributed by atoms with Gasteiger partial charge in [0.05, 0.1) is 6.20 Å². The maximum atomic E-state index is 4.46. The number of rotatable bonds is 11. The topological polar surface area (TPSA) is 29.9 Å². The van der Waals surface area contributed by atoms with E-state index in [0.717, 1.165) is 13.1 Å². The molecule has 1 aromatic rings. The van der Waals surface area contributed by atoms with E-state index in [9.17, 15) is 0 Å². The summed E-state index contributed by atoms with van der Waals surface area (Å²) in [6.07, 6.45) is 13.4. The molecule has 1 rings (SSSR count). The van der Waals surface area contributed by atoms with Crippen LogP contribution in [0.25, 0.3) is 0 Å². The van der Waals surface area contributed by atoms with E-state index < -0.39 is 0 Å². The maximum absolute atomic E-state index is 4.46. The Morgan fingerprint density at radius 3 is 2.58 bits per heavy atom. The van der Waals surface area contributed by atoms with Crippen LogP contribution in [0.2, 0.25) is 0 Å². The molecule has 0 amide bonds. The van der Waals surface area contributed by atoms with Gasteiger partial charge in [-0.25, -0.2) is 0 Å². The Labute approximate surface area is 118 Å². The van der Waals surface area contributed by atoms with E-state index in [2.05, 4.69) is 42.1 Å². The van der Waals surface area contributed by atoms with Gasteiger partial charge in [0.1, 0.15) is 0 Å². The minimum absolute atomic E-state index is 0.415. The molecule has 110 valence electrons. The fourth-order valence-corrected chi connectivity index (χ4v) is 2.26. The molecule has 1 unspecified atom stereocenters. The van der Waals surface area contributed by atoms with Gasteiger partial charge in [-0.1, -0.05) is 46.0 Å². The molecule has 0 aliphatic rings. The van der Waals surface area contributed by atoms with Crippen molar-refractivity contribution >= 4 is 0 Å². The van der Waals surface area contributed by atoms with E-state index in [-0.39, 0.29) is 0 Å². The first-order valence-electron chi connectivity index (χ1n) is 8.03. The Hall–Kier alpha value is -0.830. The largest absolute Gasteiger partial charge is 0.310 e. The molecule has 1 N–H and O–H groups in total. The number of nitrogens with zero attached hydrogens (tertiary/aromatic N) is 2. The van der Waals surface area contributed by atoms with E-state index in [1.807, 2.05) is 6.20 Å². The lowest BCUT2D eigenvalue weighted by Crippen LogP contribution is -2.18. The minimum Gasteiger partial charge on any atom is -0.310 e. The van der Waals surface area contributed by atoms with Gasteiger partial charge < -0.3 is 5.32 Å². The van der Waals surface area contributed by atoms with E-state index >= 15 is 0 Å². The van der Waals surface area contributed by atoms with Gasteiger partial charge in [-0.15, -0.1) is 0 Å². The summed E-state index contributed by atoms with van der Waals surface area (Å²) in [6.45, 7) is 8.80. The van der Waals surface area contributed by atoms with Gasteiger partial charge in [-0.05, 0) is 26.3 Å². The number of nitrogens with one attached hydrogen (secondary N) is 1. The van der Waals surface area contributed by atoms with E-state index in [4.69, 9.17) is 0 Å². The standard InChI is InChI=1S/C16H31N3/c1-4-6-7-8-9-10-12-19-14-16(13-18-19)15(3)17-11-5-2/h13-15,17H,4-12H2,1-3H3. The van der Waals surface area contributed by atoms with Crippen LogP contribution in [0.15, 0.2) is 12.4 Å². The lowest BCUT2D eigenvalue weighted by molar-refractivity contribution is 0.525. The van der Waals surface area contributed by atoms with Crippen LogP contribution in [-0.4, -0.2) is 16.3 Å². The van der Waals surface area contributed by atoms with E-state index in [1.54, 1.807) is 0 Å². The van der Waals surface area contributed by atoms with Crippen LogP contribution in [0.3, 0.4) is 0 Å². The molecule has 1 heterocycles. The lowest BCUT2D eigenvalue weighted by atomic mass is 10.1. The molecule has 0 spiro atoms. The van der Waals surface area contributed by atoms with Crippen molar-refractivity contribution in [1.29, 1.82) is 0 Å². The highest BCUT2D eigenvalue weighted by molar-refractivity contribution is 5.09. The van der Waals surface area contributed by atoms with Gasteiger partial charge in [0, 0.05) is 24.3 Å². The quantitative estimate of drug-likeness (QED) is 0.604. The normalized spacial score (nSPS) is 12.8. The summed E-state index contributed by atoms with van der Waals surface area (Å²) >= 11 is 0. The van der Waals surface area contributed by atoms with Crippen molar-refractivity contribution in [2.45, 2.75) is 78.3 Å². The summed E-state index contributed by atoms with van der Waals surface area (Å²) < 4.78 is 2.10. The van der Waals surface area contributed by atoms with Gasteiger partial charge in [-0.2, -0.15) is 5.10 Å². The van der Waals surface area contributed by atoms with Gasteiger partial charge in [-0.3, -0.25) is 4.68 Å². The second-order valence-corrected chi connectivity index (χ2v) is 5.48. The van der Waals surface area contributed by atoms with Crippen LogP contribution < -0.4 is 5.32 Å². The Bertz CT molecular complexity index is 320. The predicted molar refractivity (Wildman–Crippen MR) is 82.3 cm³/mol. The zero-order chi connectivity index (χ0) is 13.9. The lowest BCUT2D eigenvalue weighted by Gasteiger charge is -2.10. The number of hydrogen-bond donors (Lipinski definition) is 1. The average molecular weight is 265 g/mol. The third-order valence-corrected chi connectivity index (χ3v) is 3.59. The molecule has 1 aromatic heterocycles. The second-order valence-electron chi connectivity index (χ2n) is 5.48. The van der Waals surface area contributed by atoms with Gasteiger partial charge in [0.2, 0.25) is 0 Å². The molecule has 0 aliphatic carbocycles. The van der Waals surface area contributed by atoms with Crippen molar-refractivity contribution in [2.24, 2.45) is 0 Å². The Kier molecular flexibility index (Phi) is 8.55. The molecule has 19 heavy (non-hydrogen) atoms. The first-order valence-corrected chi connectivity index (χ1v) is 8.03. The predicted octanol–water partition coefficient (Wildman–Crippen LogP) is 4.30. The van der Waals surface area contributed by atoms with Crippen LogP contribution >= 0.6 is 0 Å². The summed E-state index contributed by atoms with van der Waals surface area (Å²) in [5.74, 6) is 0. The molecule has 0 bridgehead atoms. The van der Waals surface area contributed by atoms with Crippen LogP contribution in [0.1, 0.15) is 77.3 Å². The molecular formula is C16H31N3. The first-order chi connectivity index (χ1) is 9.27. The molecule has 1 atom stereocenters. The highest BCUT2D eigenvalue weighted by Gasteiger charge is 2.06. The molecular weight excluding hydrogens is 234 g/mol. The van der Waals surface area contributed by atoms with Crippen molar-refractivity contribution in [3.63, 3.8) is 0 Å². The average Bonchev–Trinajstić information content (AvgIpc) is 2.89. The fraction of sp³-hybridized carbons (Fsp3) is 0.812. The van der Waals surface area contributed by atoms with Crippen LogP contribution in [-0.2, 0) is 6.54 Å². The first kappa shape index (κ1) is 16.2. The third-order valence-electron chi connectivity index (χ3n) is 3.59. The molecule has 0 fully saturated rings. The number of aryl methyl sites for hydroxylation is 1. The number of aromatic nitrogens is 2. The Morgan fingerprint density at radius 1 is 1.11 bits per heavy atom. The molecule has 0 aliphatic heterocycles. The summed E-state index contributed by atoms with van der Waals surface area (Å²) in [7, 11) is 0. The van der Waals surface area contributed by atoms with E-state index in [0.29, 0.717) is 6.04 Å². The van der Waals surface area contributed by atoms with Crippen molar-refractivity contribution in [3.05, 3.63) is 18.0 Å². The second kappa shape index (κ2) is 10.0. The molecule has 3 nitrogen and oxygen atoms in total. The number of unbranched alkanes of at least 4 members (excludes halogenated alkanes) is 5.